The van der Waals surface area contributed by atoms with E-state index in [1.807, 2.05) is 45.3 Å². The Hall–Kier alpha value is -1.97. The number of aryl methyl sites for hydroxylation is 3. The zero-order valence-corrected chi connectivity index (χ0v) is 10.4. The number of phenols is 1. The van der Waals surface area contributed by atoms with E-state index in [1.165, 1.54) is 0 Å². The van der Waals surface area contributed by atoms with Crippen molar-refractivity contribution in [1.82, 2.24) is 9.78 Å². The number of phenolic OH excluding ortho intramolecular Hbond substituents is 1. The Kier molecular flexibility index (Phi) is 3.04. The number of hydrogen-bond donors (Lipinski definition) is 2. The van der Waals surface area contributed by atoms with E-state index in [-0.39, 0.29) is 0 Å². The highest BCUT2D eigenvalue weighted by atomic mass is 16.3. The van der Waals surface area contributed by atoms with E-state index in [9.17, 15) is 5.11 Å². The SMILES string of the molecule is Cc1cc(CNc2ccn(C)n2)cc(C)c1O. The first-order valence-electron chi connectivity index (χ1n) is 5.59. The van der Waals surface area contributed by atoms with Gasteiger partial charge in [0.1, 0.15) is 11.6 Å². The first-order valence-corrected chi connectivity index (χ1v) is 5.59. The Morgan fingerprint density at radius 3 is 2.47 bits per heavy atom. The molecule has 90 valence electrons. The molecule has 0 fully saturated rings. The molecule has 0 unspecified atom stereocenters. The van der Waals surface area contributed by atoms with E-state index < -0.39 is 0 Å². The predicted molar refractivity (Wildman–Crippen MR) is 68.1 cm³/mol. The van der Waals surface area contributed by atoms with Gasteiger partial charge in [0, 0.05) is 25.9 Å². The summed E-state index contributed by atoms with van der Waals surface area (Å²) in [5.74, 6) is 1.24. The Bertz CT molecular complexity index is 508. The summed E-state index contributed by atoms with van der Waals surface area (Å²) < 4.78 is 1.76. The second-order valence-corrected chi connectivity index (χ2v) is 4.31. The summed E-state index contributed by atoms with van der Waals surface area (Å²) in [6, 6.07) is 5.90. The van der Waals surface area contributed by atoms with E-state index in [0.717, 1.165) is 22.5 Å². The summed E-state index contributed by atoms with van der Waals surface area (Å²) in [6.45, 7) is 4.53. The van der Waals surface area contributed by atoms with Crippen LogP contribution in [-0.2, 0) is 13.6 Å². The van der Waals surface area contributed by atoms with Gasteiger partial charge in [-0.25, -0.2) is 0 Å². The van der Waals surface area contributed by atoms with Gasteiger partial charge >= 0.3 is 0 Å². The van der Waals surface area contributed by atoms with Crippen molar-refractivity contribution in [1.29, 1.82) is 0 Å². The van der Waals surface area contributed by atoms with Crippen molar-refractivity contribution in [2.45, 2.75) is 20.4 Å². The predicted octanol–water partition coefficient (Wildman–Crippen LogP) is 2.35. The van der Waals surface area contributed by atoms with Crippen molar-refractivity contribution in [3.63, 3.8) is 0 Å². The van der Waals surface area contributed by atoms with Crippen LogP contribution in [0, 0.1) is 13.8 Å². The summed E-state index contributed by atoms with van der Waals surface area (Å²) in [6.07, 6.45) is 1.90. The van der Waals surface area contributed by atoms with Gasteiger partial charge < -0.3 is 10.4 Å². The molecule has 2 aromatic rings. The fourth-order valence-corrected chi connectivity index (χ4v) is 1.85. The standard InChI is InChI=1S/C13H17N3O/c1-9-6-11(7-10(2)13(9)17)8-14-12-4-5-16(3)15-12/h4-7,17H,8H2,1-3H3,(H,14,15). The van der Waals surface area contributed by atoms with Crippen LogP contribution in [0.1, 0.15) is 16.7 Å². The Labute approximate surface area is 101 Å². The molecule has 0 saturated carbocycles. The average Bonchev–Trinajstić information content (AvgIpc) is 2.69. The maximum atomic E-state index is 9.68. The first-order chi connectivity index (χ1) is 8.06. The van der Waals surface area contributed by atoms with E-state index in [0.29, 0.717) is 12.3 Å². The molecule has 0 aliphatic carbocycles. The minimum absolute atomic E-state index is 0.381. The third-order valence-electron chi connectivity index (χ3n) is 2.74. The van der Waals surface area contributed by atoms with Crippen LogP contribution in [0.5, 0.6) is 5.75 Å². The van der Waals surface area contributed by atoms with Crippen molar-refractivity contribution in [2.75, 3.05) is 5.32 Å². The highest BCUT2D eigenvalue weighted by molar-refractivity contribution is 5.43. The van der Waals surface area contributed by atoms with Crippen LogP contribution in [0.25, 0.3) is 0 Å². The van der Waals surface area contributed by atoms with Gasteiger partial charge in [-0.2, -0.15) is 5.10 Å². The van der Waals surface area contributed by atoms with Crippen LogP contribution in [0.4, 0.5) is 5.82 Å². The van der Waals surface area contributed by atoms with Crippen LogP contribution in [0.15, 0.2) is 24.4 Å². The number of aromatic hydroxyl groups is 1. The van der Waals surface area contributed by atoms with Gasteiger partial charge in [-0.3, -0.25) is 4.68 Å². The van der Waals surface area contributed by atoms with Crippen LogP contribution >= 0.6 is 0 Å². The van der Waals surface area contributed by atoms with E-state index >= 15 is 0 Å². The molecule has 2 N–H and O–H groups in total. The summed E-state index contributed by atoms with van der Waals surface area (Å²) in [5.41, 5.74) is 2.95. The second kappa shape index (κ2) is 4.49. The monoisotopic (exact) mass is 231 g/mol. The molecule has 17 heavy (non-hydrogen) atoms. The third-order valence-corrected chi connectivity index (χ3v) is 2.74. The largest absolute Gasteiger partial charge is 0.507 e. The molecule has 0 aliphatic heterocycles. The minimum atomic E-state index is 0.381. The molecule has 1 aromatic heterocycles. The smallest absolute Gasteiger partial charge is 0.148 e. The van der Waals surface area contributed by atoms with E-state index in [4.69, 9.17) is 0 Å². The van der Waals surface area contributed by atoms with E-state index in [2.05, 4.69) is 10.4 Å². The molecular formula is C13H17N3O. The van der Waals surface area contributed by atoms with Gasteiger partial charge in [-0.15, -0.1) is 0 Å². The summed E-state index contributed by atoms with van der Waals surface area (Å²) >= 11 is 0. The lowest BCUT2D eigenvalue weighted by molar-refractivity contribution is 0.466. The number of rotatable bonds is 3. The maximum Gasteiger partial charge on any atom is 0.148 e. The molecule has 1 aromatic carbocycles. The molecule has 0 saturated heterocycles. The molecule has 0 radical (unpaired) electrons. The fraction of sp³-hybridized carbons (Fsp3) is 0.308. The number of anilines is 1. The molecule has 4 nitrogen and oxygen atoms in total. The first kappa shape index (κ1) is 11.5. The molecular weight excluding hydrogens is 214 g/mol. The lowest BCUT2D eigenvalue weighted by Crippen LogP contribution is -2.01. The lowest BCUT2D eigenvalue weighted by Gasteiger charge is -2.08. The highest BCUT2D eigenvalue weighted by Gasteiger charge is 2.03. The highest BCUT2D eigenvalue weighted by Crippen LogP contribution is 2.23. The second-order valence-electron chi connectivity index (χ2n) is 4.31. The Morgan fingerprint density at radius 2 is 1.94 bits per heavy atom. The quantitative estimate of drug-likeness (QED) is 0.852. The Balaban J connectivity index is 2.09. The molecule has 0 bridgehead atoms. The van der Waals surface area contributed by atoms with Gasteiger partial charge in [0.15, 0.2) is 0 Å². The molecule has 2 rings (SSSR count). The van der Waals surface area contributed by atoms with Gasteiger partial charge in [0.05, 0.1) is 0 Å². The van der Waals surface area contributed by atoms with Crippen molar-refractivity contribution in [3.8, 4) is 5.75 Å². The van der Waals surface area contributed by atoms with Crippen molar-refractivity contribution < 1.29 is 5.11 Å². The topological polar surface area (TPSA) is 50.1 Å². The van der Waals surface area contributed by atoms with Gasteiger partial charge in [-0.1, -0.05) is 12.1 Å². The molecule has 0 spiro atoms. The van der Waals surface area contributed by atoms with Gasteiger partial charge in [-0.05, 0) is 30.5 Å². The van der Waals surface area contributed by atoms with Crippen molar-refractivity contribution in [3.05, 3.63) is 41.1 Å². The number of aromatic nitrogens is 2. The van der Waals surface area contributed by atoms with Crippen LogP contribution in [0.2, 0.25) is 0 Å². The third kappa shape index (κ3) is 2.58. The molecule has 1 heterocycles. The van der Waals surface area contributed by atoms with E-state index in [1.54, 1.807) is 4.68 Å². The number of nitrogens with one attached hydrogen (secondary N) is 1. The molecule has 0 amide bonds. The normalized spacial score (nSPS) is 10.5. The van der Waals surface area contributed by atoms with Crippen LogP contribution in [0.3, 0.4) is 0 Å². The summed E-state index contributed by atoms with van der Waals surface area (Å²) in [4.78, 5) is 0. The van der Waals surface area contributed by atoms with Gasteiger partial charge in [0.2, 0.25) is 0 Å². The minimum Gasteiger partial charge on any atom is -0.507 e. The number of benzene rings is 1. The summed E-state index contributed by atoms with van der Waals surface area (Å²) in [5, 5.41) is 17.2. The van der Waals surface area contributed by atoms with Crippen LogP contribution < -0.4 is 5.32 Å². The molecule has 0 atom stereocenters. The molecule has 4 heteroatoms. The number of nitrogens with zero attached hydrogens (tertiary/aromatic N) is 2. The van der Waals surface area contributed by atoms with Gasteiger partial charge in [0.25, 0.3) is 0 Å². The maximum absolute atomic E-state index is 9.68. The zero-order chi connectivity index (χ0) is 12.4. The van der Waals surface area contributed by atoms with Crippen molar-refractivity contribution >= 4 is 5.82 Å². The fourth-order valence-electron chi connectivity index (χ4n) is 1.85. The number of hydrogen-bond acceptors (Lipinski definition) is 3. The zero-order valence-electron chi connectivity index (χ0n) is 10.4. The average molecular weight is 231 g/mol. The van der Waals surface area contributed by atoms with Crippen LogP contribution in [-0.4, -0.2) is 14.9 Å². The Morgan fingerprint density at radius 1 is 1.29 bits per heavy atom. The van der Waals surface area contributed by atoms with Crippen molar-refractivity contribution in [2.24, 2.45) is 7.05 Å². The summed E-state index contributed by atoms with van der Waals surface area (Å²) in [7, 11) is 1.89. The lowest BCUT2D eigenvalue weighted by atomic mass is 10.1. The molecule has 0 aliphatic rings.